The minimum absolute atomic E-state index is 0.718. The van der Waals surface area contributed by atoms with Gasteiger partial charge < -0.3 is 10.5 Å². The van der Waals surface area contributed by atoms with E-state index in [0.29, 0.717) is 0 Å². The van der Waals surface area contributed by atoms with Crippen molar-refractivity contribution in [2.24, 2.45) is 5.73 Å². The van der Waals surface area contributed by atoms with E-state index in [2.05, 4.69) is 52.4 Å². The largest absolute Gasteiger partial charge is 0.494 e. The Bertz CT molecular complexity index is 789. The molecule has 0 radical (unpaired) electrons. The Hall–Kier alpha value is -2.72. The minimum Gasteiger partial charge on any atom is -0.494 e. The Kier molecular flexibility index (Phi) is 9.35. The molecule has 3 rings (SSSR count). The van der Waals surface area contributed by atoms with Gasteiger partial charge >= 0.3 is 0 Å². The van der Waals surface area contributed by atoms with Crippen LogP contribution in [0.3, 0.4) is 0 Å². The second-order valence-corrected chi connectivity index (χ2v) is 7.68. The van der Waals surface area contributed by atoms with Crippen LogP contribution in [0.25, 0.3) is 0 Å². The van der Waals surface area contributed by atoms with Gasteiger partial charge in [0.15, 0.2) is 0 Å². The number of ether oxygens (including phenoxy) is 1. The molecule has 2 aromatic heterocycles. The van der Waals surface area contributed by atoms with E-state index in [-0.39, 0.29) is 0 Å². The molecule has 0 aliphatic heterocycles. The van der Waals surface area contributed by atoms with Crippen molar-refractivity contribution in [3.63, 3.8) is 0 Å². The van der Waals surface area contributed by atoms with Gasteiger partial charge in [-0.25, -0.2) is 0 Å². The quantitative estimate of drug-likeness (QED) is 0.410. The molecule has 2 N–H and O–H groups in total. The molecule has 0 fully saturated rings. The van der Waals surface area contributed by atoms with Gasteiger partial charge in [-0.1, -0.05) is 18.2 Å². The summed E-state index contributed by atoms with van der Waals surface area (Å²) in [5.41, 5.74) is 10.6. The summed E-state index contributed by atoms with van der Waals surface area (Å²) < 4.78 is 6.04. The minimum atomic E-state index is 0.718. The number of benzene rings is 1. The lowest BCUT2D eigenvalue weighted by molar-refractivity contribution is 0.307. The molecule has 0 saturated heterocycles. The Labute approximate surface area is 180 Å². The molecule has 0 bridgehead atoms. The number of nitrogens with two attached hydrogens (primary N) is 1. The lowest BCUT2D eigenvalue weighted by Crippen LogP contribution is -2.04. The van der Waals surface area contributed by atoms with Gasteiger partial charge in [0.2, 0.25) is 0 Å². The number of rotatable bonds is 13. The number of aryl methyl sites for hydroxylation is 4. The Morgan fingerprint density at radius 1 is 0.667 bits per heavy atom. The van der Waals surface area contributed by atoms with Crippen molar-refractivity contribution in [3.05, 3.63) is 89.5 Å². The van der Waals surface area contributed by atoms with Crippen molar-refractivity contribution >= 4 is 0 Å². The fraction of sp³-hybridized carbons (Fsp3) is 0.385. The van der Waals surface area contributed by atoms with E-state index in [1.165, 1.54) is 11.1 Å². The van der Waals surface area contributed by atoms with Crippen LogP contribution >= 0.6 is 0 Å². The lowest BCUT2D eigenvalue weighted by atomic mass is 10.00. The van der Waals surface area contributed by atoms with Crippen molar-refractivity contribution in [1.29, 1.82) is 0 Å². The summed E-state index contributed by atoms with van der Waals surface area (Å²) >= 11 is 0. The Morgan fingerprint density at radius 3 is 1.77 bits per heavy atom. The summed E-state index contributed by atoms with van der Waals surface area (Å²) in [6, 6.07) is 19.0. The first kappa shape index (κ1) is 22.0. The molecule has 4 nitrogen and oxygen atoms in total. The maximum absolute atomic E-state index is 6.04. The monoisotopic (exact) mass is 403 g/mol. The molecular weight excluding hydrogens is 370 g/mol. The highest BCUT2D eigenvalue weighted by atomic mass is 16.5. The Morgan fingerprint density at radius 2 is 1.27 bits per heavy atom. The maximum atomic E-state index is 6.04. The molecule has 0 saturated carbocycles. The van der Waals surface area contributed by atoms with Crippen molar-refractivity contribution < 1.29 is 4.74 Å². The molecule has 4 heteroatoms. The number of unbranched alkanes of at least 4 members (excludes halogenated alkanes) is 1. The van der Waals surface area contributed by atoms with Crippen LogP contribution in [-0.4, -0.2) is 23.1 Å². The summed E-state index contributed by atoms with van der Waals surface area (Å²) in [7, 11) is 0. The molecular formula is C26H33N3O. The first-order chi connectivity index (χ1) is 14.8. The second-order valence-electron chi connectivity index (χ2n) is 7.68. The third-order valence-electron chi connectivity index (χ3n) is 5.14. The molecule has 0 aliphatic rings. The van der Waals surface area contributed by atoms with E-state index >= 15 is 0 Å². The highest BCUT2D eigenvalue weighted by molar-refractivity contribution is 5.35. The average molecular weight is 404 g/mol. The van der Waals surface area contributed by atoms with Crippen LogP contribution in [0.2, 0.25) is 0 Å². The maximum Gasteiger partial charge on any atom is 0.119 e. The average Bonchev–Trinajstić information content (AvgIpc) is 2.78. The third-order valence-corrected chi connectivity index (χ3v) is 5.14. The summed E-state index contributed by atoms with van der Waals surface area (Å²) in [5.74, 6) is 0.982. The van der Waals surface area contributed by atoms with Crippen LogP contribution in [0.1, 0.15) is 48.2 Å². The molecule has 0 aliphatic carbocycles. The predicted octanol–water partition coefficient (Wildman–Crippen LogP) is 4.94. The van der Waals surface area contributed by atoms with Crippen LogP contribution in [0.5, 0.6) is 5.75 Å². The van der Waals surface area contributed by atoms with Crippen LogP contribution < -0.4 is 10.5 Å². The van der Waals surface area contributed by atoms with Crippen molar-refractivity contribution in [2.45, 2.75) is 51.4 Å². The normalized spacial score (nSPS) is 10.8. The molecule has 0 unspecified atom stereocenters. The van der Waals surface area contributed by atoms with Gasteiger partial charge in [0.1, 0.15) is 5.75 Å². The van der Waals surface area contributed by atoms with E-state index in [9.17, 15) is 0 Å². The standard InChI is InChI=1S/C26H33N3O/c27-15-3-6-18-30-26-20-22(9-7-13-24-11-1-4-16-28-24)19-23(21-26)10-8-14-25-12-2-5-17-29-25/h1-2,4-5,11-12,16-17,19-21H,3,6-10,13-15,18,27H2. The van der Waals surface area contributed by atoms with E-state index in [0.717, 1.165) is 81.7 Å². The third kappa shape index (κ3) is 7.96. The van der Waals surface area contributed by atoms with E-state index in [1.807, 2.05) is 24.5 Å². The SMILES string of the molecule is NCCCCOc1cc(CCCc2ccccn2)cc(CCCc2ccccn2)c1. The first-order valence-corrected chi connectivity index (χ1v) is 11.1. The van der Waals surface area contributed by atoms with E-state index in [4.69, 9.17) is 10.5 Å². The molecule has 30 heavy (non-hydrogen) atoms. The van der Waals surface area contributed by atoms with Gasteiger partial charge in [-0.2, -0.15) is 0 Å². The number of pyridine rings is 2. The van der Waals surface area contributed by atoms with Crippen LogP contribution in [0, 0.1) is 0 Å². The number of hydrogen-bond donors (Lipinski definition) is 1. The summed E-state index contributed by atoms with van der Waals surface area (Å²) in [6.45, 7) is 1.44. The highest BCUT2D eigenvalue weighted by Gasteiger charge is 2.05. The summed E-state index contributed by atoms with van der Waals surface area (Å²) in [5, 5.41) is 0. The van der Waals surface area contributed by atoms with Crippen molar-refractivity contribution in [1.82, 2.24) is 9.97 Å². The number of nitrogens with zero attached hydrogens (tertiary/aromatic N) is 2. The van der Waals surface area contributed by atoms with Crippen LogP contribution in [0.4, 0.5) is 0 Å². The summed E-state index contributed by atoms with van der Waals surface area (Å²) in [4.78, 5) is 8.86. The Balaban J connectivity index is 1.58. The molecule has 158 valence electrons. The predicted molar refractivity (Wildman–Crippen MR) is 123 cm³/mol. The zero-order chi connectivity index (χ0) is 20.9. The fourth-order valence-electron chi connectivity index (χ4n) is 3.58. The van der Waals surface area contributed by atoms with Gasteiger partial charge in [0.05, 0.1) is 6.61 Å². The van der Waals surface area contributed by atoms with E-state index in [1.54, 1.807) is 0 Å². The molecule has 2 heterocycles. The van der Waals surface area contributed by atoms with Gasteiger partial charge in [-0.3, -0.25) is 9.97 Å². The highest BCUT2D eigenvalue weighted by Crippen LogP contribution is 2.21. The van der Waals surface area contributed by atoms with Crippen molar-refractivity contribution in [3.8, 4) is 5.75 Å². The smallest absolute Gasteiger partial charge is 0.119 e. The van der Waals surface area contributed by atoms with Gasteiger partial charge in [-0.15, -0.1) is 0 Å². The van der Waals surface area contributed by atoms with Crippen LogP contribution in [-0.2, 0) is 25.7 Å². The zero-order valence-corrected chi connectivity index (χ0v) is 17.8. The number of aromatic nitrogens is 2. The topological polar surface area (TPSA) is 61.0 Å². The van der Waals surface area contributed by atoms with Gasteiger partial charge in [0.25, 0.3) is 0 Å². The van der Waals surface area contributed by atoms with Crippen molar-refractivity contribution in [2.75, 3.05) is 13.2 Å². The van der Waals surface area contributed by atoms with Gasteiger partial charge in [0, 0.05) is 23.8 Å². The zero-order valence-electron chi connectivity index (χ0n) is 17.8. The molecule has 0 atom stereocenters. The summed E-state index contributed by atoms with van der Waals surface area (Å²) in [6.07, 6.45) is 12.0. The molecule has 1 aromatic carbocycles. The number of hydrogen-bond acceptors (Lipinski definition) is 4. The molecule has 3 aromatic rings. The van der Waals surface area contributed by atoms with Gasteiger partial charge in [-0.05, 0) is 105 Å². The second kappa shape index (κ2) is 12.8. The first-order valence-electron chi connectivity index (χ1n) is 11.1. The lowest BCUT2D eigenvalue weighted by Gasteiger charge is -2.12. The molecule has 0 spiro atoms. The van der Waals surface area contributed by atoms with Crippen LogP contribution in [0.15, 0.2) is 67.0 Å². The van der Waals surface area contributed by atoms with E-state index < -0.39 is 0 Å². The fourth-order valence-corrected chi connectivity index (χ4v) is 3.58. The molecule has 0 amide bonds.